The molecule has 30 heavy (non-hydrogen) atoms. The van der Waals surface area contributed by atoms with E-state index in [9.17, 15) is 14.7 Å². The minimum atomic E-state index is -1.43. The summed E-state index contributed by atoms with van der Waals surface area (Å²) in [7, 11) is 0. The number of amides is 2. The van der Waals surface area contributed by atoms with Crippen molar-refractivity contribution in [2.75, 3.05) is 25.4 Å². The summed E-state index contributed by atoms with van der Waals surface area (Å²) >= 11 is 0. The summed E-state index contributed by atoms with van der Waals surface area (Å²) in [6, 6.07) is 3.48. The van der Waals surface area contributed by atoms with Crippen LogP contribution < -0.4 is 16.8 Å². The molecule has 168 valence electrons. The van der Waals surface area contributed by atoms with Gasteiger partial charge in [0.1, 0.15) is 11.4 Å². The number of pyridine rings is 1. The number of aliphatic hydroxyl groups excluding tert-OH is 1. The lowest BCUT2D eigenvalue weighted by atomic mass is 9.73. The Hall–Kier alpha value is -2.19. The van der Waals surface area contributed by atoms with Gasteiger partial charge in [0.2, 0.25) is 11.8 Å². The largest absolute Gasteiger partial charge is 0.394 e. The van der Waals surface area contributed by atoms with Crippen LogP contribution in [0.5, 0.6) is 0 Å². The van der Waals surface area contributed by atoms with Crippen LogP contribution >= 0.6 is 0 Å². The van der Waals surface area contributed by atoms with E-state index in [4.69, 9.17) is 11.5 Å². The number of nitrogens with one attached hydrogen (secondary N) is 1. The number of hydrogen-bond acceptors (Lipinski definition) is 6. The molecule has 1 aromatic heterocycles. The van der Waals surface area contributed by atoms with Crippen LogP contribution in [0.25, 0.3) is 0 Å². The van der Waals surface area contributed by atoms with Gasteiger partial charge in [-0.05, 0) is 37.1 Å². The Labute approximate surface area is 179 Å². The maximum Gasteiger partial charge on any atom is 0.241 e. The SMILES string of the molecule is CCN(CC)C(CO)(C(N)=O)[C@H](CC1CCCCC1)C(=O)NCc1ccc(N)nc1. The monoisotopic (exact) mass is 419 g/mol. The number of aromatic nitrogens is 1. The van der Waals surface area contributed by atoms with Gasteiger partial charge in [0.05, 0.1) is 12.5 Å². The smallest absolute Gasteiger partial charge is 0.241 e. The van der Waals surface area contributed by atoms with E-state index >= 15 is 0 Å². The zero-order valence-electron chi connectivity index (χ0n) is 18.3. The van der Waals surface area contributed by atoms with E-state index in [1.807, 2.05) is 18.7 Å². The van der Waals surface area contributed by atoms with Crippen molar-refractivity contribution in [3.05, 3.63) is 23.9 Å². The highest BCUT2D eigenvalue weighted by Crippen LogP contribution is 2.36. The zero-order chi connectivity index (χ0) is 22.1. The molecule has 2 rings (SSSR count). The molecule has 0 saturated heterocycles. The van der Waals surface area contributed by atoms with Gasteiger partial charge in [0, 0.05) is 12.7 Å². The molecule has 0 spiro atoms. The fourth-order valence-corrected chi connectivity index (χ4v) is 4.75. The van der Waals surface area contributed by atoms with E-state index in [1.54, 1.807) is 18.3 Å². The number of carbonyl (C=O) groups excluding carboxylic acids is 2. The summed E-state index contributed by atoms with van der Waals surface area (Å²) in [5.41, 5.74) is 10.9. The summed E-state index contributed by atoms with van der Waals surface area (Å²) in [6.07, 6.45) is 7.67. The number of nitrogens with two attached hydrogens (primary N) is 2. The Morgan fingerprint density at radius 2 is 1.93 bits per heavy atom. The number of nitrogens with zero attached hydrogens (tertiary/aromatic N) is 2. The highest BCUT2D eigenvalue weighted by molar-refractivity contribution is 5.93. The first-order chi connectivity index (χ1) is 14.4. The molecule has 0 radical (unpaired) electrons. The predicted molar refractivity (Wildman–Crippen MR) is 117 cm³/mol. The first kappa shape index (κ1) is 24.1. The van der Waals surface area contributed by atoms with Gasteiger partial charge in [0.25, 0.3) is 0 Å². The van der Waals surface area contributed by atoms with E-state index in [0.717, 1.165) is 31.2 Å². The number of hydrogen-bond donors (Lipinski definition) is 4. The summed E-state index contributed by atoms with van der Waals surface area (Å²) in [5, 5.41) is 13.3. The summed E-state index contributed by atoms with van der Waals surface area (Å²) < 4.78 is 0. The van der Waals surface area contributed by atoms with Crippen LogP contribution in [-0.2, 0) is 16.1 Å². The summed E-state index contributed by atoms with van der Waals surface area (Å²) in [5.74, 6) is -0.899. The van der Waals surface area contributed by atoms with Crippen LogP contribution in [0.4, 0.5) is 5.82 Å². The lowest BCUT2D eigenvalue weighted by molar-refractivity contribution is -0.148. The fraction of sp³-hybridized carbons (Fsp3) is 0.682. The predicted octanol–water partition coefficient (Wildman–Crippen LogP) is 1.42. The number of rotatable bonds is 11. The van der Waals surface area contributed by atoms with Gasteiger partial charge in [-0.3, -0.25) is 14.5 Å². The second kappa shape index (κ2) is 11.3. The first-order valence-corrected chi connectivity index (χ1v) is 11.0. The van der Waals surface area contributed by atoms with Crippen molar-refractivity contribution in [2.24, 2.45) is 17.6 Å². The van der Waals surface area contributed by atoms with Crippen molar-refractivity contribution in [1.29, 1.82) is 0 Å². The summed E-state index contributed by atoms with van der Waals surface area (Å²) in [4.78, 5) is 32.0. The second-order valence-electron chi connectivity index (χ2n) is 8.22. The molecule has 1 aliphatic rings. The van der Waals surface area contributed by atoms with Crippen molar-refractivity contribution >= 4 is 17.6 Å². The van der Waals surface area contributed by atoms with E-state index < -0.39 is 24.0 Å². The van der Waals surface area contributed by atoms with Gasteiger partial charge < -0.3 is 21.9 Å². The second-order valence-corrected chi connectivity index (χ2v) is 8.22. The van der Waals surface area contributed by atoms with E-state index in [1.165, 1.54) is 6.42 Å². The molecule has 2 atom stereocenters. The molecule has 1 heterocycles. The minimum Gasteiger partial charge on any atom is -0.394 e. The lowest BCUT2D eigenvalue weighted by Crippen LogP contribution is -2.67. The molecule has 0 aromatic carbocycles. The Morgan fingerprint density at radius 1 is 1.27 bits per heavy atom. The Morgan fingerprint density at radius 3 is 2.43 bits per heavy atom. The Balaban J connectivity index is 2.31. The Kier molecular flexibility index (Phi) is 9.05. The number of aliphatic hydroxyl groups is 1. The third kappa shape index (κ3) is 5.49. The maximum atomic E-state index is 13.4. The minimum absolute atomic E-state index is 0.267. The first-order valence-electron chi connectivity index (χ1n) is 11.0. The fourth-order valence-electron chi connectivity index (χ4n) is 4.75. The van der Waals surface area contributed by atoms with Gasteiger partial charge in [0.15, 0.2) is 0 Å². The normalized spacial score (nSPS) is 18.0. The van der Waals surface area contributed by atoms with Crippen LogP contribution in [0.15, 0.2) is 18.3 Å². The molecule has 1 fully saturated rings. The number of anilines is 1. The van der Waals surface area contributed by atoms with Gasteiger partial charge in [-0.1, -0.05) is 52.0 Å². The Bertz CT molecular complexity index is 687. The van der Waals surface area contributed by atoms with E-state index in [0.29, 0.717) is 31.2 Å². The van der Waals surface area contributed by atoms with Crippen LogP contribution in [-0.4, -0.2) is 52.0 Å². The molecule has 0 bridgehead atoms. The highest BCUT2D eigenvalue weighted by Gasteiger charge is 2.51. The van der Waals surface area contributed by atoms with Crippen LogP contribution in [0, 0.1) is 11.8 Å². The topological polar surface area (TPSA) is 135 Å². The number of primary amides is 1. The maximum absolute atomic E-state index is 13.4. The van der Waals surface area contributed by atoms with Crippen molar-refractivity contribution in [1.82, 2.24) is 15.2 Å². The third-order valence-corrected chi connectivity index (χ3v) is 6.50. The molecule has 1 aromatic rings. The molecule has 8 nitrogen and oxygen atoms in total. The standard InChI is InChI=1S/C22H37N5O3/c1-3-27(4-2)22(15-28,21(24)30)18(12-16-8-6-5-7-9-16)20(29)26-14-17-10-11-19(23)25-13-17/h10-11,13,16,18,28H,3-9,12,14-15H2,1-2H3,(H2,23,25)(H2,24,30)(H,26,29)/t18-,22?/m1/s1. The quantitative estimate of drug-likeness (QED) is 0.428. The van der Waals surface area contributed by atoms with Crippen LogP contribution in [0.2, 0.25) is 0 Å². The average Bonchev–Trinajstić information content (AvgIpc) is 2.76. The van der Waals surface area contributed by atoms with Crippen LogP contribution in [0.3, 0.4) is 0 Å². The van der Waals surface area contributed by atoms with Crippen molar-refractivity contribution in [3.63, 3.8) is 0 Å². The van der Waals surface area contributed by atoms with Gasteiger partial charge >= 0.3 is 0 Å². The van der Waals surface area contributed by atoms with E-state index in [2.05, 4.69) is 10.3 Å². The molecule has 1 unspecified atom stereocenters. The van der Waals surface area contributed by atoms with Gasteiger partial charge in [-0.2, -0.15) is 0 Å². The number of nitrogen functional groups attached to an aromatic ring is 1. The third-order valence-electron chi connectivity index (χ3n) is 6.50. The van der Waals surface area contributed by atoms with Crippen molar-refractivity contribution in [3.8, 4) is 0 Å². The molecule has 6 N–H and O–H groups in total. The molecule has 1 aliphatic carbocycles. The van der Waals surface area contributed by atoms with Crippen molar-refractivity contribution < 1.29 is 14.7 Å². The zero-order valence-corrected chi connectivity index (χ0v) is 18.3. The molecule has 8 heteroatoms. The average molecular weight is 420 g/mol. The molecule has 2 amide bonds. The van der Waals surface area contributed by atoms with Gasteiger partial charge in [-0.15, -0.1) is 0 Å². The van der Waals surface area contributed by atoms with Crippen molar-refractivity contribution in [2.45, 2.75) is 64.5 Å². The number of likely N-dealkylation sites (N-methyl/N-ethyl adjacent to an activating group) is 1. The molecule has 1 saturated carbocycles. The lowest BCUT2D eigenvalue weighted by Gasteiger charge is -2.45. The number of carbonyl (C=O) groups is 2. The van der Waals surface area contributed by atoms with Crippen LogP contribution in [0.1, 0.15) is 57.9 Å². The molecular formula is C22H37N5O3. The highest BCUT2D eigenvalue weighted by atomic mass is 16.3. The summed E-state index contributed by atoms with van der Waals surface area (Å²) in [6.45, 7) is 4.62. The van der Waals surface area contributed by atoms with Gasteiger partial charge in [-0.25, -0.2) is 4.98 Å². The molecule has 0 aliphatic heterocycles. The van der Waals surface area contributed by atoms with E-state index in [-0.39, 0.29) is 12.5 Å². The molecular weight excluding hydrogens is 382 g/mol.